The number of aryl methyl sites for hydroxylation is 1. The number of carbonyl (C=O) groups is 2. The fraction of sp³-hybridized carbons (Fsp3) is 0.556. The lowest BCUT2D eigenvalue weighted by Crippen LogP contribution is -2.37. The van der Waals surface area contributed by atoms with Crippen molar-refractivity contribution in [2.75, 3.05) is 25.4 Å². The lowest BCUT2D eigenvalue weighted by Gasteiger charge is -2.20. The largest absolute Gasteiger partial charge is 0.444 e. The predicted molar refractivity (Wildman–Crippen MR) is 100 cm³/mol. The van der Waals surface area contributed by atoms with Gasteiger partial charge in [0.15, 0.2) is 5.62 Å². The first-order chi connectivity index (χ1) is 11.3. The Kier molecular flexibility index (Phi) is 8.85. The van der Waals surface area contributed by atoms with Gasteiger partial charge in [0, 0.05) is 31.3 Å². The van der Waals surface area contributed by atoms with Crippen molar-refractivity contribution in [3.05, 3.63) is 35.4 Å². The minimum Gasteiger partial charge on any atom is -0.444 e. The molecule has 0 fully saturated rings. The maximum atomic E-state index is 11.5. The summed E-state index contributed by atoms with van der Waals surface area (Å²) in [4.78, 5) is 22.2. The summed E-state index contributed by atoms with van der Waals surface area (Å²) in [5, 5.41) is 6.04. The molecule has 6 heteroatoms. The van der Waals surface area contributed by atoms with Gasteiger partial charge in [-0.1, -0.05) is 41.6 Å². The number of carbonyl (C=O) groups excluding carboxylic acids is 2. The lowest BCUT2D eigenvalue weighted by molar-refractivity contribution is 0.0528. The fourth-order valence-electron chi connectivity index (χ4n) is 2.11. The molecule has 5 nitrogen and oxygen atoms in total. The van der Waals surface area contributed by atoms with Gasteiger partial charge in [-0.25, -0.2) is 4.79 Å². The van der Waals surface area contributed by atoms with E-state index in [1.807, 2.05) is 20.8 Å². The van der Waals surface area contributed by atoms with Crippen molar-refractivity contribution in [1.82, 2.24) is 10.6 Å². The third-order valence-electron chi connectivity index (χ3n) is 3.27. The van der Waals surface area contributed by atoms with Gasteiger partial charge in [0.1, 0.15) is 5.60 Å². The van der Waals surface area contributed by atoms with Crippen molar-refractivity contribution < 1.29 is 14.3 Å². The second kappa shape index (κ2) is 10.4. The monoisotopic (exact) mass is 352 g/mol. The molecular weight excluding hydrogens is 324 g/mol. The molecule has 2 N–H and O–H groups in total. The van der Waals surface area contributed by atoms with E-state index in [1.54, 1.807) is 0 Å². The summed E-state index contributed by atoms with van der Waals surface area (Å²) in [7, 11) is 0. The Morgan fingerprint density at radius 2 is 1.92 bits per heavy atom. The predicted octanol–water partition coefficient (Wildman–Crippen LogP) is 3.12. The van der Waals surface area contributed by atoms with Crippen LogP contribution in [0.15, 0.2) is 24.3 Å². The summed E-state index contributed by atoms with van der Waals surface area (Å²) in [5.74, 6) is 0.987. The summed E-state index contributed by atoms with van der Waals surface area (Å²) in [6.07, 6.45) is -0.407. The van der Waals surface area contributed by atoms with Crippen molar-refractivity contribution in [3.8, 4) is 0 Å². The van der Waals surface area contributed by atoms with Crippen molar-refractivity contribution in [2.24, 2.45) is 0 Å². The molecule has 0 aliphatic carbocycles. The molecule has 0 saturated carbocycles. The van der Waals surface area contributed by atoms with Crippen molar-refractivity contribution in [3.63, 3.8) is 0 Å². The molecule has 0 aliphatic rings. The number of thioether (sulfide) groups is 1. The number of hydrogen-bond acceptors (Lipinski definition) is 5. The van der Waals surface area contributed by atoms with Crippen LogP contribution in [0, 0.1) is 6.92 Å². The van der Waals surface area contributed by atoms with Crippen LogP contribution in [-0.2, 0) is 9.53 Å². The van der Waals surface area contributed by atoms with Gasteiger partial charge in [0.2, 0.25) is 0 Å². The van der Waals surface area contributed by atoms with Crippen LogP contribution in [0.25, 0.3) is 0 Å². The summed E-state index contributed by atoms with van der Waals surface area (Å²) in [5.41, 5.74) is 2.82. The second-order valence-electron chi connectivity index (χ2n) is 6.67. The third-order valence-corrected chi connectivity index (χ3v) is 4.01. The zero-order valence-corrected chi connectivity index (χ0v) is 15.7. The Balaban J connectivity index is 2.36. The lowest BCUT2D eigenvalue weighted by atomic mass is 10.00. The number of nitrogens with one attached hydrogen (secondary N) is 2. The van der Waals surface area contributed by atoms with Gasteiger partial charge >= 0.3 is 6.09 Å². The SMILES string of the molecule is Cc1ccc([C@@H](CNCCNC(=O)OC(C)(C)C)CSC=O)cc1. The number of alkyl carbamates (subject to hydrolysis) is 1. The van der Waals surface area contributed by atoms with Gasteiger partial charge in [-0.3, -0.25) is 4.79 Å². The average molecular weight is 353 g/mol. The highest BCUT2D eigenvalue weighted by Crippen LogP contribution is 2.19. The highest BCUT2D eigenvalue weighted by atomic mass is 32.2. The Morgan fingerprint density at radius 1 is 1.25 bits per heavy atom. The quantitative estimate of drug-likeness (QED) is 0.528. The number of amides is 1. The number of rotatable bonds is 9. The second-order valence-corrected chi connectivity index (χ2v) is 7.53. The van der Waals surface area contributed by atoms with Gasteiger partial charge in [-0.2, -0.15) is 0 Å². The minimum atomic E-state index is -0.486. The minimum absolute atomic E-state index is 0.252. The van der Waals surface area contributed by atoms with Crippen LogP contribution < -0.4 is 10.6 Å². The van der Waals surface area contributed by atoms with Crippen molar-refractivity contribution in [1.29, 1.82) is 0 Å². The molecule has 0 aromatic heterocycles. The molecule has 0 saturated heterocycles. The number of hydrogen-bond donors (Lipinski definition) is 2. The summed E-state index contributed by atoms with van der Waals surface area (Å²) in [6.45, 7) is 9.45. The molecule has 0 spiro atoms. The zero-order valence-electron chi connectivity index (χ0n) is 14.9. The Hall–Kier alpha value is -1.53. The molecule has 0 unspecified atom stereocenters. The van der Waals surface area contributed by atoms with Gasteiger partial charge < -0.3 is 15.4 Å². The van der Waals surface area contributed by atoms with E-state index in [1.165, 1.54) is 22.9 Å². The molecule has 0 radical (unpaired) electrons. The van der Waals surface area contributed by atoms with E-state index >= 15 is 0 Å². The molecular formula is C18H28N2O3S. The molecule has 1 aromatic carbocycles. The third kappa shape index (κ3) is 8.93. The van der Waals surface area contributed by atoms with Crippen LogP contribution in [0.3, 0.4) is 0 Å². The Bertz CT molecular complexity index is 512. The maximum Gasteiger partial charge on any atom is 0.407 e. The van der Waals surface area contributed by atoms with E-state index < -0.39 is 11.7 Å². The van der Waals surface area contributed by atoms with Crippen LogP contribution in [-0.4, -0.2) is 42.7 Å². The van der Waals surface area contributed by atoms with Crippen LogP contribution in [0.2, 0.25) is 0 Å². The molecule has 0 heterocycles. The van der Waals surface area contributed by atoms with E-state index in [0.717, 1.165) is 17.9 Å². The smallest absolute Gasteiger partial charge is 0.407 e. The van der Waals surface area contributed by atoms with Gasteiger partial charge in [0.05, 0.1) is 0 Å². The van der Waals surface area contributed by atoms with Crippen LogP contribution >= 0.6 is 11.8 Å². The normalized spacial score (nSPS) is 12.5. The van der Waals surface area contributed by atoms with E-state index in [0.29, 0.717) is 13.1 Å². The van der Waals surface area contributed by atoms with E-state index in [4.69, 9.17) is 4.74 Å². The van der Waals surface area contributed by atoms with Crippen molar-refractivity contribution >= 4 is 23.5 Å². The standard InChI is InChI=1S/C18H28N2O3S/c1-14-5-7-15(8-6-14)16(12-24-13-21)11-19-9-10-20-17(22)23-18(2,3)4/h5-8,13,16,19H,9-12H2,1-4H3,(H,20,22)/t16-/m0/s1. The summed E-state index contributed by atoms with van der Waals surface area (Å²) >= 11 is 1.28. The molecule has 0 bridgehead atoms. The van der Waals surface area contributed by atoms with E-state index in [-0.39, 0.29) is 5.92 Å². The molecule has 1 amide bonds. The van der Waals surface area contributed by atoms with E-state index in [2.05, 4.69) is 41.8 Å². The number of benzene rings is 1. The topological polar surface area (TPSA) is 67.4 Å². The fourth-order valence-corrected chi connectivity index (χ4v) is 2.73. The first-order valence-corrected chi connectivity index (χ1v) is 9.16. The molecule has 1 aromatic rings. The average Bonchev–Trinajstić information content (AvgIpc) is 2.49. The zero-order chi connectivity index (χ0) is 18.0. The Morgan fingerprint density at radius 3 is 2.50 bits per heavy atom. The highest BCUT2D eigenvalue weighted by molar-refractivity contribution is 8.11. The van der Waals surface area contributed by atoms with Gasteiger partial charge in [-0.05, 0) is 33.3 Å². The van der Waals surface area contributed by atoms with Crippen LogP contribution in [0.5, 0.6) is 0 Å². The molecule has 1 atom stereocenters. The summed E-state index contributed by atoms with van der Waals surface area (Å²) in [6, 6.07) is 8.37. The number of ether oxygens (including phenoxy) is 1. The first-order valence-electron chi connectivity index (χ1n) is 8.11. The summed E-state index contributed by atoms with van der Waals surface area (Å²) < 4.78 is 5.18. The molecule has 24 heavy (non-hydrogen) atoms. The first kappa shape index (κ1) is 20.5. The van der Waals surface area contributed by atoms with Crippen molar-refractivity contribution in [2.45, 2.75) is 39.2 Å². The Labute approximate surface area is 148 Å². The maximum absolute atomic E-state index is 11.5. The van der Waals surface area contributed by atoms with Gasteiger partial charge in [-0.15, -0.1) is 0 Å². The molecule has 1 rings (SSSR count). The molecule has 134 valence electrons. The molecule has 0 aliphatic heterocycles. The van der Waals surface area contributed by atoms with E-state index in [9.17, 15) is 9.59 Å². The van der Waals surface area contributed by atoms with Crippen LogP contribution in [0.4, 0.5) is 4.79 Å². The van der Waals surface area contributed by atoms with Gasteiger partial charge in [0.25, 0.3) is 0 Å². The van der Waals surface area contributed by atoms with Crippen LogP contribution in [0.1, 0.15) is 37.8 Å². The highest BCUT2D eigenvalue weighted by Gasteiger charge is 2.15.